The molecule has 1 aliphatic heterocycles. The van der Waals surface area contributed by atoms with Gasteiger partial charge in [-0.25, -0.2) is 9.97 Å². The minimum atomic E-state index is 0.567. The zero-order valence-electron chi connectivity index (χ0n) is 13.7. The highest BCUT2D eigenvalue weighted by molar-refractivity contribution is 7.18. The monoisotopic (exact) mass is 336 g/mol. The number of hydrogen-bond donors (Lipinski definition) is 1. The average Bonchev–Trinajstić information content (AvgIpc) is 2.99. The zero-order chi connectivity index (χ0) is 16.5. The Labute approximate surface area is 145 Å². The standard InChI is InChI=1S/C19H20N4S/c1-13-6-5-7-14(10-13)18-21-17(20)16-11-15(24-19(16)22-18)12-23-8-3-2-4-9-23/h2-3,5-7,10-11H,4,8-9,12H2,1H3,(H2,20,21,22). The van der Waals surface area contributed by atoms with Crippen LogP contribution in [0.15, 0.2) is 42.5 Å². The number of rotatable bonds is 3. The summed E-state index contributed by atoms with van der Waals surface area (Å²) in [7, 11) is 0. The number of hydrogen-bond acceptors (Lipinski definition) is 5. The van der Waals surface area contributed by atoms with E-state index in [1.807, 2.05) is 12.1 Å². The summed E-state index contributed by atoms with van der Waals surface area (Å²) in [4.78, 5) is 14.0. The maximum Gasteiger partial charge on any atom is 0.163 e. The molecule has 0 bridgehead atoms. The van der Waals surface area contributed by atoms with Crippen LogP contribution in [0.25, 0.3) is 21.6 Å². The molecule has 1 aromatic carbocycles. The second-order valence-electron chi connectivity index (χ2n) is 6.23. The SMILES string of the molecule is Cc1cccc(-c2nc(N)c3cc(CN4CC=CCC4)sc3n2)c1. The Bertz CT molecular complexity index is 913. The van der Waals surface area contributed by atoms with Crippen molar-refractivity contribution in [3.8, 4) is 11.4 Å². The lowest BCUT2D eigenvalue weighted by molar-refractivity contribution is 0.293. The summed E-state index contributed by atoms with van der Waals surface area (Å²) >= 11 is 1.72. The van der Waals surface area contributed by atoms with Crippen LogP contribution in [0.2, 0.25) is 0 Å². The van der Waals surface area contributed by atoms with Crippen LogP contribution in [0.4, 0.5) is 5.82 Å². The van der Waals surface area contributed by atoms with Gasteiger partial charge in [-0.05, 0) is 25.5 Å². The fourth-order valence-electron chi connectivity index (χ4n) is 3.04. The molecule has 0 saturated carbocycles. The lowest BCUT2D eigenvalue weighted by atomic mass is 10.1. The van der Waals surface area contributed by atoms with Crippen molar-refractivity contribution in [2.75, 3.05) is 18.8 Å². The van der Waals surface area contributed by atoms with Gasteiger partial charge >= 0.3 is 0 Å². The summed E-state index contributed by atoms with van der Waals surface area (Å²) in [6.45, 7) is 5.15. The van der Waals surface area contributed by atoms with E-state index in [-0.39, 0.29) is 0 Å². The molecule has 1 aliphatic rings. The van der Waals surface area contributed by atoms with E-state index < -0.39 is 0 Å². The quantitative estimate of drug-likeness (QED) is 0.734. The first-order chi connectivity index (χ1) is 11.7. The van der Waals surface area contributed by atoms with Crippen molar-refractivity contribution in [1.82, 2.24) is 14.9 Å². The lowest BCUT2D eigenvalue weighted by Gasteiger charge is -2.21. The Balaban J connectivity index is 1.69. The number of benzene rings is 1. The molecule has 5 heteroatoms. The molecule has 0 atom stereocenters. The number of nitrogens with zero attached hydrogens (tertiary/aromatic N) is 3. The summed E-state index contributed by atoms with van der Waals surface area (Å²) in [6.07, 6.45) is 5.62. The van der Waals surface area contributed by atoms with E-state index in [9.17, 15) is 0 Å². The largest absolute Gasteiger partial charge is 0.383 e. The summed E-state index contributed by atoms with van der Waals surface area (Å²) in [5.41, 5.74) is 8.42. The van der Waals surface area contributed by atoms with Gasteiger partial charge in [-0.1, -0.05) is 35.9 Å². The normalized spacial score (nSPS) is 15.2. The van der Waals surface area contributed by atoms with Crippen LogP contribution in [0.1, 0.15) is 16.9 Å². The highest BCUT2D eigenvalue weighted by Gasteiger charge is 2.14. The van der Waals surface area contributed by atoms with Gasteiger partial charge in [-0.3, -0.25) is 4.90 Å². The molecule has 24 heavy (non-hydrogen) atoms. The van der Waals surface area contributed by atoms with E-state index in [4.69, 9.17) is 10.7 Å². The third-order valence-corrected chi connectivity index (χ3v) is 5.28. The maximum atomic E-state index is 6.21. The highest BCUT2D eigenvalue weighted by atomic mass is 32.1. The fourth-order valence-corrected chi connectivity index (χ4v) is 4.12. The number of aromatic nitrogens is 2. The van der Waals surface area contributed by atoms with E-state index in [0.717, 1.165) is 41.8 Å². The van der Waals surface area contributed by atoms with Crippen molar-refractivity contribution in [2.45, 2.75) is 19.9 Å². The summed E-state index contributed by atoms with van der Waals surface area (Å²) in [6, 6.07) is 10.4. The Morgan fingerprint density at radius 3 is 2.92 bits per heavy atom. The van der Waals surface area contributed by atoms with Gasteiger partial charge in [0.15, 0.2) is 5.82 Å². The molecule has 3 heterocycles. The van der Waals surface area contributed by atoms with Gasteiger partial charge in [0.1, 0.15) is 10.6 Å². The molecule has 0 radical (unpaired) electrons. The second-order valence-corrected chi connectivity index (χ2v) is 7.34. The van der Waals surface area contributed by atoms with Crippen LogP contribution in [0.3, 0.4) is 0 Å². The van der Waals surface area contributed by atoms with Crippen LogP contribution < -0.4 is 5.73 Å². The first-order valence-corrected chi connectivity index (χ1v) is 9.01. The van der Waals surface area contributed by atoms with Gasteiger partial charge in [0.2, 0.25) is 0 Å². The predicted octanol–water partition coefficient (Wildman–Crippen LogP) is 4.01. The van der Waals surface area contributed by atoms with E-state index in [1.165, 1.54) is 10.4 Å². The minimum Gasteiger partial charge on any atom is -0.383 e. The molecule has 4 rings (SSSR count). The molecule has 0 amide bonds. The van der Waals surface area contributed by atoms with Gasteiger partial charge in [0.05, 0.1) is 5.39 Å². The van der Waals surface area contributed by atoms with Crippen LogP contribution >= 0.6 is 11.3 Å². The van der Waals surface area contributed by atoms with Gasteiger partial charge < -0.3 is 5.73 Å². The second kappa shape index (κ2) is 6.34. The van der Waals surface area contributed by atoms with Crippen molar-refractivity contribution in [3.63, 3.8) is 0 Å². The number of nitrogens with two attached hydrogens (primary N) is 1. The smallest absolute Gasteiger partial charge is 0.163 e. The van der Waals surface area contributed by atoms with Crippen molar-refractivity contribution in [2.24, 2.45) is 0 Å². The Morgan fingerprint density at radius 2 is 2.12 bits per heavy atom. The van der Waals surface area contributed by atoms with Gasteiger partial charge in [-0.15, -0.1) is 11.3 Å². The summed E-state index contributed by atoms with van der Waals surface area (Å²) in [5, 5.41) is 0.971. The lowest BCUT2D eigenvalue weighted by Crippen LogP contribution is -2.26. The Morgan fingerprint density at radius 1 is 1.21 bits per heavy atom. The third-order valence-electron chi connectivity index (χ3n) is 4.27. The third kappa shape index (κ3) is 3.05. The van der Waals surface area contributed by atoms with Gasteiger partial charge in [0, 0.05) is 30.1 Å². The first-order valence-electron chi connectivity index (χ1n) is 8.19. The number of nitrogen functional groups attached to an aromatic ring is 1. The molecule has 122 valence electrons. The van der Waals surface area contributed by atoms with E-state index in [0.29, 0.717) is 11.6 Å². The Hall–Kier alpha value is -2.24. The molecule has 2 aromatic heterocycles. The highest BCUT2D eigenvalue weighted by Crippen LogP contribution is 2.31. The molecule has 0 saturated heterocycles. The molecule has 2 N–H and O–H groups in total. The topological polar surface area (TPSA) is 55.0 Å². The maximum absolute atomic E-state index is 6.21. The van der Waals surface area contributed by atoms with Crippen molar-refractivity contribution in [3.05, 3.63) is 52.9 Å². The summed E-state index contributed by atoms with van der Waals surface area (Å²) in [5.74, 6) is 1.27. The molecular weight excluding hydrogens is 316 g/mol. The van der Waals surface area contributed by atoms with E-state index in [1.54, 1.807) is 11.3 Å². The molecule has 3 aromatic rings. The van der Waals surface area contributed by atoms with E-state index >= 15 is 0 Å². The van der Waals surface area contributed by atoms with Crippen LogP contribution in [0, 0.1) is 6.92 Å². The molecule has 0 fully saturated rings. The van der Waals surface area contributed by atoms with Gasteiger partial charge in [-0.2, -0.15) is 0 Å². The molecular formula is C19H20N4S. The first kappa shape index (κ1) is 15.3. The van der Waals surface area contributed by atoms with E-state index in [2.05, 4.69) is 47.2 Å². The number of fused-ring (bicyclic) bond motifs is 1. The average molecular weight is 336 g/mol. The Kier molecular flexibility index (Phi) is 4.04. The number of anilines is 1. The molecule has 0 unspecified atom stereocenters. The van der Waals surface area contributed by atoms with Crippen molar-refractivity contribution >= 4 is 27.4 Å². The molecule has 0 aliphatic carbocycles. The molecule has 4 nitrogen and oxygen atoms in total. The fraction of sp³-hybridized carbons (Fsp3) is 0.263. The van der Waals surface area contributed by atoms with Crippen molar-refractivity contribution < 1.29 is 0 Å². The van der Waals surface area contributed by atoms with Crippen LogP contribution in [0.5, 0.6) is 0 Å². The van der Waals surface area contributed by atoms with Crippen LogP contribution in [-0.4, -0.2) is 28.0 Å². The van der Waals surface area contributed by atoms with Gasteiger partial charge in [0.25, 0.3) is 0 Å². The number of aryl methyl sites for hydroxylation is 1. The van der Waals surface area contributed by atoms with Crippen molar-refractivity contribution in [1.29, 1.82) is 0 Å². The molecule has 0 spiro atoms. The minimum absolute atomic E-state index is 0.567. The van der Waals surface area contributed by atoms with Crippen LogP contribution in [-0.2, 0) is 6.54 Å². The number of thiophene rings is 1. The predicted molar refractivity (Wildman–Crippen MR) is 101 cm³/mol. The zero-order valence-corrected chi connectivity index (χ0v) is 14.5. The summed E-state index contributed by atoms with van der Waals surface area (Å²) < 4.78 is 0.